The molecule has 1 heterocycles. The molecule has 1 aliphatic rings. The maximum atomic E-state index is 12.6. The summed E-state index contributed by atoms with van der Waals surface area (Å²) in [6, 6.07) is 11.4. The fourth-order valence-electron chi connectivity index (χ4n) is 2.80. The molecule has 0 atom stereocenters. The Morgan fingerprint density at radius 2 is 1.76 bits per heavy atom. The molecule has 0 saturated heterocycles. The van der Waals surface area contributed by atoms with Gasteiger partial charge in [0.15, 0.2) is 0 Å². The van der Waals surface area contributed by atoms with Crippen LogP contribution >= 0.6 is 0 Å². The molecule has 0 saturated carbocycles. The Labute approximate surface area is 124 Å². The van der Waals surface area contributed by atoms with Crippen LogP contribution in [0.15, 0.2) is 36.4 Å². The van der Waals surface area contributed by atoms with Gasteiger partial charge in [0.25, 0.3) is 11.8 Å². The zero-order valence-electron chi connectivity index (χ0n) is 12.3. The quantitative estimate of drug-likeness (QED) is 0.808. The van der Waals surface area contributed by atoms with Crippen molar-refractivity contribution in [1.82, 2.24) is 9.80 Å². The van der Waals surface area contributed by atoms with Gasteiger partial charge in [-0.15, -0.1) is 0 Å². The van der Waals surface area contributed by atoms with Gasteiger partial charge in [-0.1, -0.05) is 30.3 Å². The maximum Gasteiger partial charge on any atom is 0.262 e. The third-order valence-corrected chi connectivity index (χ3v) is 3.85. The molecule has 21 heavy (non-hydrogen) atoms. The molecule has 0 aromatic heterocycles. The van der Waals surface area contributed by atoms with E-state index in [1.54, 1.807) is 6.07 Å². The summed E-state index contributed by atoms with van der Waals surface area (Å²) in [5, 5.41) is 1.86. The van der Waals surface area contributed by atoms with E-state index in [9.17, 15) is 9.59 Å². The number of hydrogen-bond donors (Lipinski definition) is 0. The molecular weight excluding hydrogens is 264 g/mol. The molecule has 2 aromatic rings. The Kier molecular flexibility index (Phi) is 3.47. The van der Waals surface area contributed by atoms with Crippen molar-refractivity contribution in [2.75, 3.05) is 27.2 Å². The first-order chi connectivity index (χ1) is 10.1. The van der Waals surface area contributed by atoms with Crippen molar-refractivity contribution in [2.45, 2.75) is 6.42 Å². The van der Waals surface area contributed by atoms with Crippen molar-refractivity contribution in [3.63, 3.8) is 0 Å². The van der Waals surface area contributed by atoms with E-state index in [0.29, 0.717) is 17.7 Å². The average Bonchev–Trinajstić information content (AvgIpc) is 2.72. The zero-order valence-corrected chi connectivity index (χ0v) is 12.3. The largest absolute Gasteiger partial charge is 0.309 e. The van der Waals surface area contributed by atoms with Crippen LogP contribution in [0.3, 0.4) is 0 Å². The smallest absolute Gasteiger partial charge is 0.262 e. The van der Waals surface area contributed by atoms with Gasteiger partial charge in [0.1, 0.15) is 0 Å². The van der Waals surface area contributed by atoms with E-state index in [0.717, 1.165) is 23.7 Å². The molecule has 1 aliphatic heterocycles. The lowest BCUT2D eigenvalue weighted by atomic mass is 10.0. The second-order valence-corrected chi connectivity index (χ2v) is 5.63. The minimum absolute atomic E-state index is 0.162. The molecule has 3 rings (SSSR count). The lowest BCUT2D eigenvalue weighted by Crippen LogP contribution is -2.32. The van der Waals surface area contributed by atoms with Gasteiger partial charge in [-0.3, -0.25) is 14.5 Å². The maximum absolute atomic E-state index is 12.6. The predicted molar refractivity (Wildman–Crippen MR) is 82.5 cm³/mol. The molecule has 0 bridgehead atoms. The van der Waals surface area contributed by atoms with E-state index in [2.05, 4.69) is 0 Å². The Morgan fingerprint density at radius 1 is 1.00 bits per heavy atom. The SMILES string of the molecule is CN(C)CCCN1C(=O)c2ccc3ccccc3c2C1=O. The topological polar surface area (TPSA) is 40.6 Å². The van der Waals surface area contributed by atoms with Gasteiger partial charge in [-0.05, 0) is 43.9 Å². The number of imide groups is 1. The second kappa shape index (κ2) is 5.30. The van der Waals surface area contributed by atoms with E-state index >= 15 is 0 Å². The summed E-state index contributed by atoms with van der Waals surface area (Å²) in [6.45, 7) is 1.33. The van der Waals surface area contributed by atoms with E-state index in [1.165, 1.54) is 4.90 Å². The van der Waals surface area contributed by atoms with Crippen molar-refractivity contribution in [3.05, 3.63) is 47.5 Å². The van der Waals surface area contributed by atoms with Crippen LogP contribution < -0.4 is 0 Å². The minimum atomic E-state index is -0.167. The molecule has 4 nitrogen and oxygen atoms in total. The van der Waals surface area contributed by atoms with E-state index in [4.69, 9.17) is 0 Å². The van der Waals surface area contributed by atoms with Gasteiger partial charge in [0.2, 0.25) is 0 Å². The molecule has 2 aromatic carbocycles. The first-order valence-electron chi connectivity index (χ1n) is 7.12. The van der Waals surface area contributed by atoms with E-state index in [-0.39, 0.29) is 11.8 Å². The van der Waals surface area contributed by atoms with Crippen LogP contribution in [0.4, 0.5) is 0 Å². The Bertz CT molecular complexity index is 722. The van der Waals surface area contributed by atoms with Crippen LogP contribution in [-0.4, -0.2) is 48.8 Å². The van der Waals surface area contributed by atoms with Crippen LogP contribution in [0.25, 0.3) is 10.8 Å². The Morgan fingerprint density at radius 3 is 2.52 bits per heavy atom. The molecule has 0 aliphatic carbocycles. The van der Waals surface area contributed by atoms with Crippen LogP contribution in [0, 0.1) is 0 Å². The second-order valence-electron chi connectivity index (χ2n) is 5.63. The molecule has 0 radical (unpaired) electrons. The summed E-state index contributed by atoms with van der Waals surface area (Å²) in [5.74, 6) is -0.329. The van der Waals surface area contributed by atoms with Crippen LogP contribution in [-0.2, 0) is 0 Å². The standard InChI is InChI=1S/C17H18N2O2/c1-18(2)10-5-11-19-16(20)14-9-8-12-6-3-4-7-13(12)15(14)17(19)21/h3-4,6-9H,5,10-11H2,1-2H3. The number of rotatable bonds is 4. The average molecular weight is 282 g/mol. The predicted octanol–water partition coefficient (Wildman–Crippen LogP) is 2.39. The number of amides is 2. The molecule has 0 unspecified atom stereocenters. The van der Waals surface area contributed by atoms with E-state index < -0.39 is 0 Å². The lowest BCUT2D eigenvalue weighted by Gasteiger charge is -2.15. The lowest BCUT2D eigenvalue weighted by molar-refractivity contribution is 0.0650. The Hall–Kier alpha value is -2.20. The summed E-state index contributed by atoms with van der Waals surface area (Å²) in [5.41, 5.74) is 1.09. The highest BCUT2D eigenvalue weighted by Gasteiger charge is 2.36. The highest BCUT2D eigenvalue weighted by atomic mass is 16.2. The zero-order chi connectivity index (χ0) is 15.0. The summed E-state index contributed by atoms with van der Waals surface area (Å²) in [6.07, 6.45) is 0.788. The van der Waals surface area contributed by atoms with Crippen molar-refractivity contribution in [1.29, 1.82) is 0 Å². The van der Waals surface area contributed by atoms with Crippen LogP contribution in [0.1, 0.15) is 27.1 Å². The first-order valence-corrected chi connectivity index (χ1v) is 7.12. The number of benzene rings is 2. The minimum Gasteiger partial charge on any atom is -0.309 e. The van der Waals surface area contributed by atoms with Gasteiger partial charge in [0.05, 0.1) is 11.1 Å². The van der Waals surface area contributed by atoms with Crippen LogP contribution in [0.2, 0.25) is 0 Å². The number of hydrogen-bond acceptors (Lipinski definition) is 3. The molecule has 0 spiro atoms. The number of carbonyl (C=O) groups excluding carboxylic acids is 2. The van der Waals surface area contributed by atoms with Crippen molar-refractivity contribution in [2.24, 2.45) is 0 Å². The summed E-state index contributed by atoms with van der Waals surface area (Å²) in [7, 11) is 3.96. The van der Waals surface area contributed by atoms with Crippen molar-refractivity contribution in [3.8, 4) is 0 Å². The van der Waals surface area contributed by atoms with Gasteiger partial charge < -0.3 is 4.90 Å². The summed E-state index contributed by atoms with van der Waals surface area (Å²) >= 11 is 0. The number of fused-ring (bicyclic) bond motifs is 3. The molecule has 108 valence electrons. The summed E-state index contributed by atoms with van der Waals surface area (Å²) in [4.78, 5) is 28.4. The third kappa shape index (κ3) is 2.32. The van der Waals surface area contributed by atoms with Crippen LogP contribution in [0.5, 0.6) is 0 Å². The molecule has 4 heteroatoms. The van der Waals surface area contributed by atoms with Gasteiger partial charge >= 0.3 is 0 Å². The number of carbonyl (C=O) groups is 2. The summed E-state index contributed by atoms with van der Waals surface area (Å²) < 4.78 is 0. The molecule has 2 amide bonds. The fourth-order valence-corrected chi connectivity index (χ4v) is 2.80. The Balaban J connectivity index is 1.95. The van der Waals surface area contributed by atoms with E-state index in [1.807, 2.05) is 49.3 Å². The van der Waals surface area contributed by atoms with Gasteiger partial charge in [-0.2, -0.15) is 0 Å². The molecular formula is C17H18N2O2. The normalized spacial score (nSPS) is 14.3. The van der Waals surface area contributed by atoms with Gasteiger partial charge in [-0.25, -0.2) is 0 Å². The van der Waals surface area contributed by atoms with Crippen molar-refractivity contribution < 1.29 is 9.59 Å². The van der Waals surface area contributed by atoms with Gasteiger partial charge in [0, 0.05) is 6.54 Å². The molecule has 0 N–H and O–H groups in total. The highest BCUT2D eigenvalue weighted by molar-refractivity contribution is 6.26. The molecule has 0 fully saturated rings. The number of nitrogens with zero attached hydrogens (tertiary/aromatic N) is 2. The third-order valence-electron chi connectivity index (χ3n) is 3.85. The fraction of sp³-hybridized carbons (Fsp3) is 0.294. The monoisotopic (exact) mass is 282 g/mol. The first kappa shape index (κ1) is 13.8. The van der Waals surface area contributed by atoms with Crippen molar-refractivity contribution >= 4 is 22.6 Å². The highest BCUT2D eigenvalue weighted by Crippen LogP contribution is 2.30.